The topological polar surface area (TPSA) is 108 Å². The van der Waals surface area contributed by atoms with E-state index in [1.54, 1.807) is 6.08 Å². The molecule has 0 bridgehead atoms. The molecule has 2 N–H and O–H groups in total. The van der Waals surface area contributed by atoms with Gasteiger partial charge < -0.3 is 15.3 Å². The number of allylic oxidation sites excluding steroid dienone is 3. The first-order valence-electron chi connectivity index (χ1n) is 12.4. The van der Waals surface area contributed by atoms with Crippen LogP contribution in [0.25, 0.3) is 0 Å². The molecule has 2 aliphatic rings. The molecule has 4 rings (SSSR count). The second-order valence-electron chi connectivity index (χ2n) is 9.48. The molecule has 1 saturated heterocycles. The summed E-state index contributed by atoms with van der Waals surface area (Å²) >= 11 is 0. The second-order valence-corrected chi connectivity index (χ2v) is 9.48. The van der Waals surface area contributed by atoms with Gasteiger partial charge in [0.2, 0.25) is 5.75 Å². The zero-order valence-corrected chi connectivity index (χ0v) is 21.1. The third-order valence-corrected chi connectivity index (χ3v) is 6.97. The van der Waals surface area contributed by atoms with Crippen LogP contribution in [-0.4, -0.2) is 75.5 Å². The molecule has 0 saturated carbocycles. The third kappa shape index (κ3) is 6.14. The fourth-order valence-electron chi connectivity index (χ4n) is 4.56. The molecule has 0 radical (unpaired) electrons. The van der Waals surface area contributed by atoms with Crippen molar-refractivity contribution >= 4 is 11.8 Å². The summed E-state index contributed by atoms with van der Waals surface area (Å²) < 4.78 is 14.7. The van der Waals surface area contributed by atoms with Gasteiger partial charge in [0.15, 0.2) is 5.69 Å². The summed E-state index contributed by atoms with van der Waals surface area (Å²) in [6.45, 7) is 5.17. The molecule has 10 heteroatoms. The average molecular weight is 510 g/mol. The summed E-state index contributed by atoms with van der Waals surface area (Å²) in [6.07, 6.45) is 3.69. The molecule has 1 aromatic heterocycles. The van der Waals surface area contributed by atoms with E-state index in [9.17, 15) is 23.9 Å². The number of aromatic hydroxyl groups is 1. The van der Waals surface area contributed by atoms with Crippen molar-refractivity contribution in [3.63, 3.8) is 0 Å². The lowest BCUT2D eigenvalue weighted by Crippen LogP contribution is -2.49. The van der Waals surface area contributed by atoms with Gasteiger partial charge >= 0.3 is 0 Å². The van der Waals surface area contributed by atoms with Crippen LogP contribution in [0.15, 0.2) is 58.7 Å². The number of piperazine rings is 1. The van der Waals surface area contributed by atoms with E-state index in [0.29, 0.717) is 50.5 Å². The number of hydrogen-bond donors (Lipinski definition) is 2. The number of amides is 2. The lowest BCUT2D eigenvalue weighted by molar-refractivity contribution is 0.0637. The normalized spacial score (nSPS) is 18.2. The van der Waals surface area contributed by atoms with Gasteiger partial charge in [0.1, 0.15) is 11.7 Å². The van der Waals surface area contributed by atoms with Crippen molar-refractivity contribution in [1.82, 2.24) is 24.7 Å². The van der Waals surface area contributed by atoms with Crippen LogP contribution < -0.4 is 10.9 Å². The molecule has 9 nitrogen and oxygen atoms in total. The Kier molecular flexibility index (Phi) is 8.17. The minimum atomic E-state index is -0.701. The second kappa shape index (κ2) is 11.5. The fraction of sp³-hybridized carbons (Fsp3) is 0.407. The molecule has 1 aliphatic carbocycles. The Labute approximate surface area is 214 Å². The summed E-state index contributed by atoms with van der Waals surface area (Å²) in [7, 11) is 1.51. The maximum Gasteiger partial charge on any atom is 0.296 e. The quantitative estimate of drug-likeness (QED) is 0.592. The zero-order valence-electron chi connectivity index (χ0n) is 21.1. The Bertz CT molecular complexity index is 1280. The summed E-state index contributed by atoms with van der Waals surface area (Å²) in [4.78, 5) is 46.3. The van der Waals surface area contributed by atoms with Gasteiger partial charge in [-0.1, -0.05) is 31.2 Å². The van der Waals surface area contributed by atoms with Crippen molar-refractivity contribution in [2.24, 2.45) is 13.0 Å². The van der Waals surface area contributed by atoms with E-state index in [0.717, 1.165) is 5.57 Å². The molecule has 1 aromatic carbocycles. The monoisotopic (exact) mass is 509 g/mol. The maximum absolute atomic E-state index is 13.4. The highest BCUT2D eigenvalue weighted by atomic mass is 19.1. The first kappa shape index (κ1) is 26.3. The van der Waals surface area contributed by atoms with Crippen molar-refractivity contribution in [3.8, 4) is 5.75 Å². The molecular formula is C27H32FN5O4. The average Bonchev–Trinajstić information content (AvgIpc) is 2.91. The van der Waals surface area contributed by atoms with Gasteiger partial charge in [0.25, 0.3) is 17.4 Å². The number of carbonyl (C=O) groups is 2. The SMILES string of the molecule is CC1CC(F)=CC=C1CNC(=O)c1nc(CCN2CCN(C(=O)c3ccccc3)CC2)n(C)c(=O)c1O. The van der Waals surface area contributed by atoms with Crippen molar-refractivity contribution in [2.75, 3.05) is 39.3 Å². The van der Waals surface area contributed by atoms with Crippen LogP contribution in [0.3, 0.4) is 0 Å². The highest BCUT2D eigenvalue weighted by Crippen LogP contribution is 2.25. The first-order chi connectivity index (χ1) is 17.7. The van der Waals surface area contributed by atoms with E-state index in [2.05, 4.69) is 15.2 Å². The van der Waals surface area contributed by atoms with Gasteiger partial charge in [-0.15, -0.1) is 0 Å². The summed E-state index contributed by atoms with van der Waals surface area (Å²) in [5.41, 5.74) is 0.511. The van der Waals surface area contributed by atoms with E-state index in [-0.39, 0.29) is 36.3 Å². The summed E-state index contributed by atoms with van der Waals surface area (Å²) in [5, 5.41) is 13.0. The van der Waals surface area contributed by atoms with E-state index in [1.807, 2.05) is 42.2 Å². The third-order valence-electron chi connectivity index (χ3n) is 6.97. The minimum Gasteiger partial charge on any atom is -0.501 e. The fourth-order valence-corrected chi connectivity index (χ4v) is 4.56. The van der Waals surface area contributed by atoms with Crippen LogP contribution in [0, 0.1) is 5.92 Å². The van der Waals surface area contributed by atoms with Crippen molar-refractivity contribution < 1.29 is 19.1 Å². The summed E-state index contributed by atoms with van der Waals surface area (Å²) in [6, 6.07) is 9.19. The molecule has 37 heavy (non-hydrogen) atoms. The van der Waals surface area contributed by atoms with Gasteiger partial charge in [0, 0.05) is 64.7 Å². The highest BCUT2D eigenvalue weighted by Gasteiger charge is 2.24. The van der Waals surface area contributed by atoms with Crippen LogP contribution in [0.5, 0.6) is 5.75 Å². The number of rotatable bonds is 7. The van der Waals surface area contributed by atoms with Crippen LogP contribution >= 0.6 is 0 Å². The largest absolute Gasteiger partial charge is 0.501 e. The minimum absolute atomic E-state index is 0.0121. The van der Waals surface area contributed by atoms with E-state index < -0.39 is 17.2 Å². The smallest absolute Gasteiger partial charge is 0.296 e. The molecule has 1 unspecified atom stereocenters. The number of nitrogens with zero attached hydrogens (tertiary/aromatic N) is 4. The molecule has 2 aromatic rings. The van der Waals surface area contributed by atoms with Crippen LogP contribution in [0.4, 0.5) is 4.39 Å². The standard InChI is InChI=1S/C27H32FN5O4/c1-18-16-21(28)9-8-20(18)17-29-25(35)23-24(34)27(37)31(2)22(30-23)10-11-32-12-14-33(15-13-32)26(36)19-6-4-3-5-7-19/h3-9,18,34H,10-17H2,1-2H3,(H,29,35). The Balaban J connectivity index is 1.36. The molecule has 196 valence electrons. The molecule has 1 atom stereocenters. The summed E-state index contributed by atoms with van der Waals surface area (Å²) in [5.74, 6) is -1.23. The lowest BCUT2D eigenvalue weighted by Gasteiger charge is -2.34. The predicted molar refractivity (Wildman–Crippen MR) is 137 cm³/mol. The number of carbonyl (C=O) groups excluding carboxylic acids is 2. The van der Waals surface area contributed by atoms with Crippen molar-refractivity contribution in [1.29, 1.82) is 0 Å². The molecule has 1 aliphatic heterocycles. The van der Waals surface area contributed by atoms with E-state index in [1.165, 1.54) is 17.7 Å². The van der Waals surface area contributed by atoms with Gasteiger partial charge in [0.05, 0.1) is 0 Å². The van der Waals surface area contributed by atoms with E-state index in [4.69, 9.17) is 0 Å². The number of hydrogen-bond acceptors (Lipinski definition) is 6. The van der Waals surface area contributed by atoms with Crippen LogP contribution in [0.1, 0.15) is 40.0 Å². The van der Waals surface area contributed by atoms with Gasteiger partial charge in [-0.25, -0.2) is 9.37 Å². The first-order valence-corrected chi connectivity index (χ1v) is 12.4. The zero-order chi connectivity index (χ0) is 26.5. The van der Waals surface area contributed by atoms with Gasteiger partial charge in [-0.2, -0.15) is 0 Å². The molecule has 2 amide bonds. The van der Waals surface area contributed by atoms with Gasteiger partial charge in [-0.3, -0.25) is 23.9 Å². The van der Waals surface area contributed by atoms with E-state index >= 15 is 0 Å². The Morgan fingerprint density at radius 2 is 1.84 bits per heavy atom. The highest BCUT2D eigenvalue weighted by molar-refractivity contribution is 5.95. The van der Waals surface area contributed by atoms with Crippen LogP contribution in [-0.2, 0) is 13.5 Å². The van der Waals surface area contributed by atoms with Crippen LogP contribution in [0.2, 0.25) is 0 Å². The number of nitrogens with one attached hydrogen (secondary N) is 1. The lowest BCUT2D eigenvalue weighted by atomic mass is 9.92. The predicted octanol–water partition coefficient (Wildman–Crippen LogP) is 2.04. The number of aromatic nitrogens is 2. The van der Waals surface area contributed by atoms with Crippen molar-refractivity contribution in [2.45, 2.75) is 19.8 Å². The molecule has 0 spiro atoms. The molecular weight excluding hydrogens is 477 g/mol. The molecule has 1 fully saturated rings. The number of benzene rings is 1. The Morgan fingerprint density at radius 1 is 1.14 bits per heavy atom. The van der Waals surface area contributed by atoms with Gasteiger partial charge in [-0.05, 0) is 29.7 Å². The Morgan fingerprint density at radius 3 is 2.51 bits per heavy atom. The molecule has 2 heterocycles. The maximum atomic E-state index is 13.4. The Hall–Kier alpha value is -3.79. The van der Waals surface area contributed by atoms with Crippen molar-refractivity contribution in [3.05, 3.63) is 81.3 Å². The number of halogens is 1.